The summed E-state index contributed by atoms with van der Waals surface area (Å²) in [5.74, 6) is -1.92. The molecule has 0 spiro atoms. The van der Waals surface area contributed by atoms with Gasteiger partial charge in [-0.2, -0.15) is 0 Å². The Balaban J connectivity index is 2.03. The van der Waals surface area contributed by atoms with Gasteiger partial charge in [0.25, 0.3) is 0 Å². The first-order valence-corrected chi connectivity index (χ1v) is 12.7. The first kappa shape index (κ1) is 25.5. The van der Waals surface area contributed by atoms with E-state index in [1.807, 2.05) is 18.2 Å². The average molecular weight is 447 g/mol. The van der Waals surface area contributed by atoms with Crippen LogP contribution in [0.4, 0.5) is 0 Å². The Bertz CT molecular complexity index is 896. The zero-order valence-electron chi connectivity index (χ0n) is 21.0. The molecule has 0 unspecified atom stereocenters. The second-order valence-corrected chi connectivity index (χ2v) is 10.6. The molecule has 0 bridgehead atoms. The van der Waals surface area contributed by atoms with Crippen LogP contribution in [0.25, 0.3) is 0 Å². The van der Waals surface area contributed by atoms with E-state index in [9.17, 15) is 10.2 Å². The molecule has 2 nitrogen and oxygen atoms in total. The van der Waals surface area contributed by atoms with Crippen LogP contribution in [-0.2, 0) is 5.41 Å². The van der Waals surface area contributed by atoms with Crippen LogP contribution in [0.15, 0.2) is 84.0 Å². The van der Waals surface area contributed by atoms with Gasteiger partial charge in [-0.15, -0.1) is 0 Å². The smallest absolute Gasteiger partial charge is 0.184 e. The van der Waals surface area contributed by atoms with Crippen LogP contribution in [0.1, 0.15) is 90.2 Å². The average Bonchev–Trinajstić information content (AvgIpc) is 2.79. The van der Waals surface area contributed by atoms with E-state index in [-0.39, 0.29) is 11.8 Å². The quantitative estimate of drug-likeness (QED) is 0.290. The maximum Gasteiger partial charge on any atom is 0.184 e. The molecule has 1 aliphatic rings. The zero-order valence-corrected chi connectivity index (χ0v) is 21.0. The molecular weight excluding hydrogens is 404 g/mol. The third-order valence-corrected chi connectivity index (χ3v) is 7.48. The summed E-state index contributed by atoms with van der Waals surface area (Å²) in [5, 5.41) is 22.7. The van der Waals surface area contributed by atoms with Crippen LogP contribution in [0.3, 0.4) is 0 Å². The van der Waals surface area contributed by atoms with Crippen molar-refractivity contribution in [1.29, 1.82) is 0 Å². The Morgan fingerprint density at radius 1 is 0.909 bits per heavy atom. The second-order valence-electron chi connectivity index (χ2n) is 10.6. The van der Waals surface area contributed by atoms with Crippen molar-refractivity contribution in [1.82, 2.24) is 0 Å². The van der Waals surface area contributed by atoms with Crippen molar-refractivity contribution in [3.63, 3.8) is 0 Å². The summed E-state index contributed by atoms with van der Waals surface area (Å²) in [5.41, 5.74) is 4.47. The minimum atomic E-state index is -1.92. The first-order chi connectivity index (χ1) is 15.7. The maximum absolute atomic E-state index is 11.4. The molecule has 0 aromatic heterocycles. The highest BCUT2D eigenvalue weighted by Crippen LogP contribution is 2.45. The van der Waals surface area contributed by atoms with Crippen LogP contribution in [0, 0.1) is 5.41 Å². The minimum Gasteiger partial charge on any atom is -0.362 e. The third kappa shape index (κ3) is 6.25. The summed E-state index contributed by atoms with van der Waals surface area (Å²) in [6.07, 6.45) is 11.4. The SMILES string of the molecule is CCCCCC(CC(O)(O)C=CC1=C(C)CCCC1(C)C)(c1ccccc1)c1ccccc1. The molecular formula is C31H42O2. The van der Waals surface area contributed by atoms with Crippen molar-refractivity contribution in [2.24, 2.45) is 5.41 Å². The first-order valence-electron chi connectivity index (χ1n) is 12.7. The van der Waals surface area contributed by atoms with Gasteiger partial charge < -0.3 is 10.2 Å². The highest BCUT2D eigenvalue weighted by Gasteiger charge is 2.40. The number of hydrogen-bond acceptors (Lipinski definition) is 2. The second kappa shape index (κ2) is 10.8. The fraction of sp³-hybridized carbons (Fsp3) is 0.484. The lowest BCUT2D eigenvalue weighted by molar-refractivity contribution is -0.133. The van der Waals surface area contributed by atoms with Gasteiger partial charge in [0.1, 0.15) is 0 Å². The molecule has 2 aromatic rings. The van der Waals surface area contributed by atoms with E-state index < -0.39 is 11.2 Å². The van der Waals surface area contributed by atoms with E-state index in [0.29, 0.717) is 0 Å². The van der Waals surface area contributed by atoms with Gasteiger partial charge in [0.05, 0.1) is 0 Å². The number of hydrogen-bond donors (Lipinski definition) is 2. The van der Waals surface area contributed by atoms with E-state index in [2.05, 4.69) is 76.2 Å². The molecule has 0 atom stereocenters. The monoisotopic (exact) mass is 446 g/mol. The molecule has 178 valence electrons. The van der Waals surface area contributed by atoms with Crippen molar-refractivity contribution in [2.45, 2.75) is 90.3 Å². The molecule has 1 aliphatic carbocycles. The Labute approximate surface area is 201 Å². The minimum absolute atomic E-state index is 0.0615. The predicted molar refractivity (Wildman–Crippen MR) is 139 cm³/mol. The zero-order chi connectivity index (χ0) is 24.0. The normalized spacial score (nSPS) is 17.0. The lowest BCUT2D eigenvalue weighted by Crippen LogP contribution is -2.39. The number of allylic oxidation sites excluding steroid dienone is 3. The standard InChI is InChI=1S/C31H42O2/c1-5-6-13-22-30(26-16-9-7-10-17-26,27-18-11-8-12-19-27)24-31(32,33)23-20-28-25(2)15-14-21-29(28,3)4/h7-12,16-20,23,32-33H,5-6,13-15,21-22,24H2,1-4H3. The summed E-state index contributed by atoms with van der Waals surface area (Å²) in [6.45, 7) is 8.91. The van der Waals surface area contributed by atoms with Gasteiger partial charge >= 0.3 is 0 Å². The summed E-state index contributed by atoms with van der Waals surface area (Å²) < 4.78 is 0. The molecule has 0 saturated heterocycles. The molecule has 2 heteroatoms. The number of aliphatic hydroxyl groups is 2. The van der Waals surface area contributed by atoms with Crippen LogP contribution < -0.4 is 0 Å². The lowest BCUT2D eigenvalue weighted by Gasteiger charge is -2.39. The van der Waals surface area contributed by atoms with Crippen molar-refractivity contribution in [3.8, 4) is 0 Å². The molecule has 2 aromatic carbocycles. The van der Waals surface area contributed by atoms with Crippen molar-refractivity contribution < 1.29 is 10.2 Å². The summed E-state index contributed by atoms with van der Waals surface area (Å²) in [7, 11) is 0. The van der Waals surface area contributed by atoms with Gasteiger partial charge in [0, 0.05) is 11.8 Å². The van der Waals surface area contributed by atoms with Gasteiger partial charge in [-0.25, -0.2) is 0 Å². The molecule has 33 heavy (non-hydrogen) atoms. The molecule has 0 radical (unpaired) electrons. The Kier molecular flexibility index (Phi) is 8.37. The Hall–Kier alpha value is -2.16. The highest BCUT2D eigenvalue weighted by molar-refractivity contribution is 5.41. The summed E-state index contributed by atoms with van der Waals surface area (Å²) in [4.78, 5) is 0. The van der Waals surface area contributed by atoms with E-state index in [1.54, 1.807) is 6.08 Å². The molecule has 0 amide bonds. The van der Waals surface area contributed by atoms with Crippen LogP contribution in [0.5, 0.6) is 0 Å². The lowest BCUT2D eigenvalue weighted by atomic mass is 9.66. The molecule has 0 saturated carbocycles. The topological polar surface area (TPSA) is 40.5 Å². The summed E-state index contributed by atoms with van der Waals surface area (Å²) in [6, 6.07) is 20.8. The fourth-order valence-corrected chi connectivity index (χ4v) is 5.67. The maximum atomic E-state index is 11.4. The van der Waals surface area contributed by atoms with Gasteiger partial charge in [-0.05, 0) is 60.8 Å². The van der Waals surface area contributed by atoms with E-state index in [4.69, 9.17) is 0 Å². The third-order valence-electron chi connectivity index (χ3n) is 7.48. The number of unbranched alkanes of at least 4 members (excludes halogenated alkanes) is 2. The summed E-state index contributed by atoms with van der Waals surface area (Å²) >= 11 is 0. The Morgan fingerprint density at radius 2 is 1.48 bits per heavy atom. The number of benzene rings is 2. The van der Waals surface area contributed by atoms with Crippen LogP contribution in [0.2, 0.25) is 0 Å². The van der Waals surface area contributed by atoms with Crippen molar-refractivity contribution >= 4 is 0 Å². The van der Waals surface area contributed by atoms with Crippen molar-refractivity contribution in [3.05, 3.63) is 95.1 Å². The van der Waals surface area contributed by atoms with Gasteiger partial charge in [-0.3, -0.25) is 0 Å². The molecule has 2 N–H and O–H groups in total. The molecule has 0 aliphatic heterocycles. The molecule has 0 heterocycles. The largest absolute Gasteiger partial charge is 0.362 e. The van der Waals surface area contributed by atoms with E-state index >= 15 is 0 Å². The fourth-order valence-electron chi connectivity index (χ4n) is 5.67. The van der Waals surface area contributed by atoms with Crippen LogP contribution in [-0.4, -0.2) is 16.0 Å². The highest BCUT2D eigenvalue weighted by atomic mass is 16.5. The molecule has 0 fully saturated rings. The number of rotatable bonds is 10. The van der Waals surface area contributed by atoms with E-state index in [1.165, 1.54) is 17.6 Å². The molecule has 3 rings (SSSR count). The van der Waals surface area contributed by atoms with Gasteiger partial charge in [-0.1, -0.05) is 112 Å². The van der Waals surface area contributed by atoms with Crippen molar-refractivity contribution in [2.75, 3.05) is 0 Å². The Morgan fingerprint density at radius 3 is 2.00 bits per heavy atom. The predicted octanol–water partition coefficient (Wildman–Crippen LogP) is 7.71. The van der Waals surface area contributed by atoms with Gasteiger partial charge in [0.2, 0.25) is 0 Å². The van der Waals surface area contributed by atoms with Crippen LogP contribution >= 0.6 is 0 Å². The van der Waals surface area contributed by atoms with Gasteiger partial charge in [0.15, 0.2) is 5.79 Å². The van der Waals surface area contributed by atoms with E-state index in [0.717, 1.165) is 49.7 Å².